The van der Waals surface area contributed by atoms with Gasteiger partial charge in [0.05, 0.1) is 17.5 Å². The zero-order valence-corrected chi connectivity index (χ0v) is 11.2. The number of rotatable bonds is 4. The Bertz CT molecular complexity index is 567. The number of anilines is 4. The maximum Gasteiger partial charge on any atom is 0.121 e. The van der Waals surface area contributed by atoms with Gasteiger partial charge in [-0.15, -0.1) is 0 Å². The van der Waals surface area contributed by atoms with Crippen molar-refractivity contribution >= 4 is 22.7 Å². The molecule has 0 saturated heterocycles. The van der Waals surface area contributed by atoms with Gasteiger partial charge in [0.25, 0.3) is 0 Å². The first-order chi connectivity index (χ1) is 9.04. The molecule has 0 radical (unpaired) electrons. The minimum absolute atomic E-state index is 0.150. The number of hydrogen-bond donors (Lipinski definition) is 3. The normalized spacial score (nSPS) is 10.5. The molecule has 2 aromatic rings. The van der Waals surface area contributed by atoms with Crippen LogP contribution >= 0.6 is 0 Å². The SMILES string of the molecule is CC(C)Oc1cccc(Nc2ccc(N)cc2N)c1. The van der Waals surface area contributed by atoms with Crippen LogP contribution in [0, 0.1) is 0 Å². The Labute approximate surface area is 113 Å². The molecule has 0 spiro atoms. The molecule has 0 aliphatic rings. The highest BCUT2D eigenvalue weighted by Gasteiger charge is 2.02. The fourth-order valence-electron chi connectivity index (χ4n) is 1.77. The van der Waals surface area contributed by atoms with Gasteiger partial charge in [-0.1, -0.05) is 6.07 Å². The van der Waals surface area contributed by atoms with E-state index in [0.717, 1.165) is 17.1 Å². The Morgan fingerprint density at radius 3 is 2.53 bits per heavy atom. The van der Waals surface area contributed by atoms with E-state index >= 15 is 0 Å². The lowest BCUT2D eigenvalue weighted by Crippen LogP contribution is -2.05. The lowest BCUT2D eigenvalue weighted by atomic mass is 10.2. The molecule has 0 aliphatic heterocycles. The van der Waals surface area contributed by atoms with E-state index in [4.69, 9.17) is 16.2 Å². The Kier molecular flexibility index (Phi) is 3.80. The van der Waals surface area contributed by atoms with Crippen molar-refractivity contribution in [2.45, 2.75) is 20.0 Å². The lowest BCUT2D eigenvalue weighted by molar-refractivity contribution is 0.242. The quantitative estimate of drug-likeness (QED) is 0.734. The molecule has 0 amide bonds. The average molecular weight is 257 g/mol. The van der Waals surface area contributed by atoms with E-state index in [1.54, 1.807) is 6.07 Å². The van der Waals surface area contributed by atoms with Crippen LogP contribution < -0.4 is 21.5 Å². The molecule has 0 heterocycles. The topological polar surface area (TPSA) is 73.3 Å². The molecule has 19 heavy (non-hydrogen) atoms. The van der Waals surface area contributed by atoms with Crippen molar-refractivity contribution < 1.29 is 4.74 Å². The minimum atomic E-state index is 0.150. The van der Waals surface area contributed by atoms with E-state index in [1.807, 2.05) is 50.2 Å². The molecular formula is C15H19N3O. The van der Waals surface area contributed by atoms with Crippen molar-refractivity contribution in [3.05, 3.63) is 42.5 Å². The van der Waals surface area contributed by atoms with Crippen LogP contribution in [0.15, 0.2) is 42.5 Å². The molecule has 0 bridgehead atoms. The fourth-order valence-corrected chi connectivity index (χ4v) is 1.77. The summed E-state index contributed by atoms with van der Waals surface area (Å²) in [7, 11) is 0. The summed E-state index contributed by atoms with van der Waals surface area (Å²) in [5.74, 6) is 0.828. The predicted octanol–water partition coefficient (Wildman–Crippen LogP) is 3.38. The Morgan fingerprint density at radius 2 is 1.84 bits per heavy atom. The van der Waals surface area contributed by atoms with E-state index in [0.29, 0.717) is 11.4 Å². The van der Waals surface area contributed by atoms with Crippen LogP contribution in [0.3, 0.4) is 0 Å². The zero-order valence-electron chi connectivity index (χ0n) is 11.2. The van der Waals surface area contributed by atoms with Crippen molar-refractivity contribution in [3.8, 4) is 5.75 Å². The van der Waals surface area contributed by atoms with Crippen molar-refractivity contribution in [2.75, 3.05) is 16.8 Å². The molecule has 0 aliphatic carbocycles. The van der Waals surface area contributed by atoms with Crippen molar-refractivity contribution in [1.82, 2.24) is 0 Å². The van der Waals surface area contributed by atoms with Crippen molar-refractivity contribution in [3.63, 3.8) is 0 Å². The van der Waals surface area contributed by atoms with E-state index in [9.17, 15) is 0 Å². The zero-order chi connectivity index (χ0) is 13.8. The van der Waals surface area contributed by atoms with Crippen molar-refractivity contribution in [2.24, 2.45) is 0 Å². The van der Waals surface area contributed by atoms with Crippen LogP contribution in [0.4, 0.5) is 22.7 Å². The molecule has 0 atom stereocenters. The summed E-state index contributed by atoms with van der Waals surface area (Å²) in [5, 5.41) is 3.25. The van der Waals surface area contributed by atoms with Gasteiger partial charge in [-0.2, -0.15) is 0 Å². The van der Waals surface area contributed by atoms with Crippen LogP contribution in [0.1, 0.15) is 13.8 Å². The molecule has 0 unspecified atom stereocenters. The number of nitrogen functional groups attached to an aromatic ring is 2. The summed E-state index contributed by atoms with van der Waals surface area (Å²) < 4.78 is 5.65. The summed E-state index contributed by atoms with van der Waals surface area (Å²) in [6, 6.07) is 13.2. The summed E-state index contributed by atoms with van der Waals surface area (Å²) in [6.07, 6.45) is 0.150. The van der Waals surface area contributed by atoms with Gasteiger partial charge in [-0.25, -0.2) is 0 Å². The van der Waals surface area contributed by atoms with E-state index in [1.165, 1.54) is 0 Å². The molecule has 2 rings (SSSR count). The highest BCUT2D eigenvalue weighted by molar-refractivity contribution is 5.75. The molecule has 5 N–H and O–H groups in total. The van der Waals surface area contributed by atoms with Gasteiger partial charge in [0, 0.05) is 17.4 Å². The van der Waals surface area contributed by atoms with Gasteiger partial charge in [0.15, 0.2) is 0 Å². The predicted molar refractivity (Wildman–Crippen MR) is 80.8 cm³/mol. The summed E-state index contributed by atoms with van der Waals surface area (Å²) >= 11 is 0. The minimum Gasteiger partial charge on any atom is -0.491 e. The molecule has 100 valence electrons. The Morgan fingerprint density at radius 1 is 1.05 bits per heavy atom. The standard InChI is InChI=1S/C15H19N3O/c1-10(2)19-13-5-3-4-12(9-13)18-15-7-6-11(16)8-14(15)17/h3-10,18H,16-17H2,1-2H3. The van der Waals surface area contributed by atoms with Crippen LogP contribution in [-0.2, 0) is 0 Å². The van der Waals surface area contributed by atoms with Gasteiger partial charge in [-0.3, -0.25) is 0 Å². The largest absolute Gasteiger partial charge is 0.491 e. The number of ether oxygens (including phenoxy) is 1. The molecule has 4 nitrogen and oxygen atoms in total. The monoisotopic (exact) mass is 257 g/mol. The van der Waals surface area contributed by atoms with E-state index < -0.39 is 0 Å². The molecule has 2 aromatic carbocycles. The highest BCUT2D eigenvalue weighted by atomic mass is 16.5. The third-order valence-corrected chi connectivity index (χ3v) is 2.56. The van der Waals surface area contributed by atoms with Crippen LogP contribution in [0.25, 0.3) is 0 Å². The second-order valence-electron chi connectivity index (χ2n) is 4.67. The van der Waals surface area contributed by atoms with Gasteiger partial charge in [0.1, 0.15) is 5.75 Å². The van der Waals surface area contributed by atoms with E-state index in [-0.39, 0.29) is 6.10 Å². The molecular weight excluding hydrogens is 238 g/mol. The summed E-state index contributed by atoms with van der Waals surface area (Å²) in [6.45, 7) is 4.00. The number of nitrogens with one attached hydrogen (secondary N) is 1. The Hall–Kier alpha value is -2.36. The fraction of sp³-hybridized carbons (Fsp3) is 0.200. The lowest BCUT2D eigenvalue weighted by Gasteiger charge is -2.13. The summed E-state index contributed by atoms with van der Waals surface area (Å²) in [4.78, 5) is 0. The first kappa shape index (κ1) is 13.1. The highest BCUT2D eigenvalue weighted by Crippen LogP contribution is 2.27. The van der Waals surface area contributed by atoms with Gasteiger partial charge in [-0.05, 0) is 44.2 Å². The van der Waals surface area contributed by atoms with E-state index in [2.05, 4.69) is 5.32 Å². The van der Waals surface area contributed by atoms with Crippen LogP contribution in [0.2, 0.25) is 0 Å². The van der Waals surface area contributed by atoms with Gasteiger partial charge >= 0.3 is 0 Å². The number of hydrogen-bond acceptors (Lipinski definition) is 4. The summed E-state index contributed by atoms with van der Waals surface area (Å²) in [5.41, 5.74) is 14.6. The molecule has 0 aromatic heterocycles. The van der Waals surface area contributed by atoms with Crippen LogP contribution in [-0.4, -0.2) is 6.10 Å². The third-order valence-electron chi connectivity index (χ3n) is 2.56. The van der Waals surface area contributed by atoms with Gasteiger partial charge in [0.2, 0.25) is 0 Å². The second-order valence-corrected chi connectivity index (χ2v) is 4.67. The van der Waals surface area contributed by atoms with Crippen molar-refractivity contribution in [1.29, 1.82) is 0 Å². The number of benzene rings is 2. The number of nitrogens with two attached hydrogens (primary N) is 2. The van der Waals surface area contributed by atoms with Crippen LogP contribution in [0.5, 0.6) is 5.75 Å². The average Bonchev–Trinajstić information content (AvgIpc) is 2.32. The second kappa shape index (κ2) is 5.52. The van der Waals surface area contributed by atoms with Gasteiger partial charge < -0.3 is 21.5 Å². The maximum atomic E-state index is 5.91. The maximum absolute atomic E-state index is 5.91. The molecule has 4 heteroatoms. The molecule has 0 fully saturated rings. The first-order valence-corrected chi connectivity index (χ1v) is 6.23. The smallest absolute Gasteiger partial charge is 0.121 e. The third kappa shape index (κ3) is 3.55. The molecule has 0 saturated carbocycles. The Balaban J connectivity index is 2.18. The first-order valence-electron chi connectivity index (χ1n) is 6.23.